The normalized spacial score (nSPS) is 37.3. The minimum atomic E-state index is -0.229. The second kappa shape index (κ2) is 11.0. The average Bonchev–Trinajstić information content (AvgIpc) is 3.75. The summed E-state index contributed by atoms with van der Waals surface area (Å²) < 4.78 is 23.0. The van der Waals surface area contributed by atoms with Crippen molar-refractivity contribution in [1.29, 1.82) is 0 Å². The van der Waals surface area contributed by atoms with Crippen LogP contribution in [0.4, 0.5) is 0 Å². The number of allylic oxidation sites excluding steroid dienone is 1. The van der Waals surface area contributed by atoms with Gasteiger partial charge in [-0.1, -0.05) is 11.6 Å². The van der Waals surface area contributed by atoms with E-state index >= 15 is 0 Å². The maximum atomic E-state index is 12.8. The molecule has 0 aromatic carbocycles. The number of hydrogen-bond donors (Lipinski definition) is 2. The summed E-state index contributed by atoms with van der Waals surface area (Å²) in [5.41, 5.74) is 5.72. The number of carbonyl (C=O) groups is 2. The molecule has 6 atom stereocenters. The standard InChI is InChI=1S/C23H33NO6.CH5N.CH4O.H2/c1-14(2)4-5-18-23(29-18)17-12-16(6-9-22(17)21(23)30-22)28-20(26)15-7-10-24(11-8-15)13-19(25)27-3;2*1-2;/h4,15-18,21H,5-13H2,1-3H3;2H2,1H3;2H,1H3;1H/t16-,17+,18?,21?,22-,23-;;;/m1.../s1. The van der Waals surface area contributed by atoms with Crippen LogP contribution in [-0.2, 0) is 28.5 Å². The van der Waals surface area contributed by atoms with Crippen LogP contribution in [0.1, 0.15) is 53.8 Å². The van der Waals surface area contributed by atoms with Gasteiger partial charge in [0.2, 0.25) is 0 Å². The lowest BCUT2D eigenvalue weighted by molar-refractivity contribution is -0.160. The number of epoxide rings is 2. The van der Waals surface area contributed by atoms with E-state index in [0.717, 1.165) is 58.7 Å². The van der Waals surface area contributed by atoms with Crippen LogP contribution in [0.2, 0.25) is 0 Å². The number of nitrogens with zero attached hydrogens (tertiary/aromatic N) is 1. The Balaban J connectivity index is 0.000000823. The maximum Gasteiger partial charge on any atom is 0.319 e. The molecular formula is C25H44N2O7. The summed E-state index contributed by atoms with van der Waals surface area (Å²) in [6.45, 7) is 5.98. The Morgan fingerprint density at radius 1 is 1.18 bits per heavy atom. The van der Waals surface area contributed by atoms with Gasteiger partial charge in [-0.15, -0.1) is 0 Å². The molecule has 2 saturated carbocycles. The molecular weight excluding hydrogens is 440 g/mol. The molecule has 3 heterocycles. The van der Waals surface area contributed by atoms with Gasteiger partial charge in [-0.3, -0.25) is 14.5 Å². The third-order valence-electron chi connectivity index (χ3n) is 7.94. The van der Waals surface area contributed by atoms with Gasteiger partial charge in [0.25, 0.3) is 0 Å². The second-order valence-corrected chi connectivity index (χ2v) is 9.94. The van der Waals surface area contributed by atoms with Crippen molar-refractivity contribution in [3.05, 3.63) is 11.6 Å². The molecule has 5 aliphatic rings. The highest BCUT2D eigenvalue weighted by molar-refractivity contribution is 5.73. The summed E-state index contributed by atoms with van der Waals surface area (Å²) in [7, 11) is 3.90. The predicted octanol–water partition coefficient (Wildman–Crippen LogP) is 1.66. The number of rotatable bonds is 6. The Morgan fingerprint density at radius 2 is 1.85 bits per heavy atom. The molecule has 0 aromatic heterocycles. The summed E-state index contributed by atoms with van der Waals surface area (Å²) in [6, 6.07) is 0. The van der Waals surface area contributed by atoms with Crippen LogP contribution in [0.15, 0.2) is 11.6 Å². The molecule has 9 heteroatoms. The molecule has 0 radical (unpaired) electrons. The molecule has 2 aliphatic carbocycles. The average molecular weight is 485 g/mol. The first-order valence-corrected chi connectivity index (χ1v) is 12.4. The van der Waals surface area contributed by atoms with Crippen molar-refractivity contribution in [2.45, 2.75) is 81.9 Å². The monoisotopic (exact) mass is 484 g/mol. The van der Waals surface area contributed by atoms with Crippen molar-refractivity contribution in [2.24, 2.45) is 17.6 Å². The highest BCUT2D eigenvalue weighted by Gasteiger charge is 2.92. The van der Waals surface area contributed by atoms with Gasteiger partial charge in [0.15, 0.2) is 0 Å². The van der Waals surface area contributed by atoms with Crippen LogP contribution in [-0.4, -0.2) is 92.4 Å². The van der Waals surface area contributed by atoms with Crippen LogP contribution < -0.4 is 5.73 Å². The van der Waals surface area contributed by atoms with E-state index in [9.17, 15) is 9.59 Å². The quantitative estimate of drug-likeness (QED) is 0.329. The molecule has 0 amide bonds. The molecule has 5 rings (SSSR count). The van der Waals surface area contributed by atoms with Crippen molar-refractivity contribution in [3.63, 3.8) is 0 Å². The number of piperidine rings is 1. The molecule has 34 heavy (non-hydrogen) atoms. The molecule has 0 aromatic rings. The van der Waals surface area contributed by atoms with E-state index in [1.165, 1.54) is 19.7 Å². The van der Waals surface area contributed by atoms with Gasteiger partial charge in [0.1, 0.15) is 23.4 Å². The summed E-state index contributed by atoms with van der Waals surface area (Å²) in [5.74, 6) is -0.0165. The zero-order valence-corrected chi connectivity index (χ0v) is 21.2. The van der Waals surface area contributed by atoms with E-state index in [2.05, 4.69) is 25.7 Å². The van der Waals surface area contributed by atoms with E-state index in [0.29, 0.717) is 12.5 Å². The first-order valence-electron chi connectivity index (χ1n) is 12.4. The molecule has 196 valence electrons. The van der Waals surface area contributed by atoms with Crippen LogP contribution in [0.5, 0.6) is 0 Å². The van der Waals surface area contributed by atoms with Crippen molar-refractivity contribution in [1.82, 2.24) is 4.90 Å². The smallest absolute Gasteiger partial charge is 0.319 e. The zero-order valence-electron chi connectivity index (χ0n) is 21.2. The molecule has 0 bridgehead atoms. The Labute approximate surface area is 204 Å². The Bertz CT molecular complexity index is 769. The van der Waals surface area contributed by atoms with Crippen molar-refractivity contribution in [2.75, 3.05) is 40.9 Å². The molecule has 3 aliphatic heterocycles. The lowest BCUT2D eigenvalue weighted by atomic mass is 9.56. The lowest BCUT2D eigenvalue weighted by Gasteiger charge is -2.44. The third kappa shape index (κ3) is 4.91. The fraction of sp³-hybridized carbons (Fsp3) is 0.840. The predicted molar refractivity (Wildman–Crippen MR) is 128 cm³/mol. The topological polar surface area (TPSA) is 127 Å². The van der Waals surface area contributed by atoms with E-state index in [-0.39, 0.29) is 48.8 Å². The number of carbonyl (C=O) groups excluding carboxylic acids is 2. The largest absolute Gasteiger partial charge is 0.468 e. The SMILES string of the molecule is CN.CO.COC(=O)CN1CCC(C(=O)O[C@@H]2CC[C@]34OC3[C@@]3(OC3CC=C(C)C)[C@H]4C2)CC1.[HH]. The Morgan fingerprint density at radius 3 is 2.47 bits per heavy atom. The number of likely N-dealkylation sites (tertiary alicyclic amines) is 1. The highest BCUT2D eigenvalue weighted by atomic mass is 16.7. The number of hydrogen-bond acceptors (Lipinski definition) is 9. The van der Waals surface area contributed by atoms with Crippen molar-refractivity contribution < 1.29 is 35.1 Å². The molecule has 3 N–H and O–H groups in total. The minimum absolute atomic E-state index is 0. The molecule has 2 spiro atoms. The van der Waals surface area contributed by atoms with Gasteiger partial charge in [0, 0.05) is 14.5 Å². The molecule has 2 unspecified atom stereocenters. The summed E-state index contributed by atoms with van der Waals surface area (Å²) >= 11 is 0. The molecule has 3 saturated heterocycles. The first-order chi connectivity index (χ1) is 16.4. The van der Waals surface area contributed by atoms with Gasteiger partial charge in [0.05, 0.1) is 25.7 Å². The Kier molecular flexibility index (Phi) is 8.79. The Hall–Kier alpha value is -1.52. The van der Waals surface area contributed by atoms with E-state index in [1.807, 2.05) is 4.90 Å². The van der Waals surface area contributed by atoms with Crippen LogP contribution in [0, 0.1) is 11.8 Å². The van der Waals surface area contributed by atoms with Gasteiger partial charge in [-0.2, -0.15) is 0 Å². The van der Waals surface area contributed by atoms with Gasteiger partial charge >= 0.3 is 11.9 Å². The molecule has 5 fully saturated rings. The minimum Gasteiger partial charge on any atom is -0.468 e. The lowest BCUT2D eigenvalue weighted by Crippen LogP contribution is -2.59. The van der Waals surface area contributed by atoms with Crippen LogP contribution >= 0.6 is 0 Å². The fourth-order valence-corrected chi connectivity index (χ4v) is 6.17. The zero-order chi connectivity index (χ0) is 25.1. The number of aliphatic hydroxyl groups excluding tert-OH is 1. The van der Waals surface area contributed by atoms with Gasteiger partial charge < -0.3 is 29.8 Å². The number of esters is 2. The second-order valence-electron chi connectivity index (χ2n) is 9.94. The number of ether oxygens (including phenoxy) is 4. The van der Waals surface area contributed by atoms with Gasteiger partial charge in [-0.25, -0.2) is 0 Å². The number of nitrogens with two attached hydrogens (primary N) is 1. The van der Waals surface area contributed by atoms with E-state index in [1.54, 1.807) is 0 Å². The fourth-order valence-electron chi connectivity index (χ4n) is 6.17. The summed E-state index contributed by atoms with van der Waals surface area (Å²) in [6.07, 6.45) is 7.86. The third-order valence-corrected chi connectivity index (χ3v) is 7.94. The number of aliphatic hydroxyl groups is 1. The summed E-state index contributed by atoms with van der Waals surface area (Å²) in [4.78, 5) is 26.2. The van der Waals surface area contributed by atoms with Crippen molar-refractivity contribution in [3.8, 4) is 0 Å². The number of fused-ring (bicyclic) bond motifs is 2. The van der Waals surface area contributed by atoms with Crippen LogP contribution in [0.3, 0.4) is 0 Å². The maximum absolute atomic E-state index is 12.8. The van der Waals surface area contributed by atoms with Crippen LogP contribution in [0.25, 0.3) is 0 Å². The number of methoxy groups -OCH3 is 1. The van der Waals surface area contributed by atoms with Gasteiger partial charge in [-0.05, 0) is 72.5 Å². The molecule has 9 nitrogen and oxygen atoms in total. The van der Waals surface area contributed by atoms with Crippen molar-refractivity contribution >= 4 is 11.9 Å². The summed E-state index contributed by atoms with van der Waals surface area (Å²) in [5, 5.41) is 7.00. The highest BCUT2D eigenvalue weighted by Crippen LogP contribution is 2.77. The first kappa shape index (κ1) is 27.1. The van der Waals surface area contributed by atoms with E-state index in [4.69, 9.17) is 24.1 Å². The van der Waals surface area contributed by atoms with E-state index < -0.39 is 0 Å².